The predicted molar refractivity (Wildman–Crippen MR) is 147 cm³/mol. The zero-order valence-electron chi connectivity index (χ0n) is 20.9. The Kier molecular flexibility index (Phi) is 6.19. The van der Waals surface area contributed by atoms with Crippen LogP contribution in [-0.2, 0) is 24.0 Å². The third-order valence-corrected chi connectivity index (χ3v) is 8.81. The highest BCUT2D eigenvalue weighted by Gasteiger charge is 2.58. The van der Waals surface area contributed by atoms with Gasteiger partial charge in [0, 0.05) is 11.8 Å². The first-order valence-corrected chi connectivity index (χ1v) is 13.7. The fraction of sp³-hybridized carbons (Fsp3) is 0.353. The normalized spacial score (nSPS) is 31.2. The monoisotopic (exact) mass is 476 g/mol. The average Bonchev–Trinajstić information content (AvgIpc) is 2.94. The van der Waals surface area contributed by atoms with Crippen LogP contribution in [0, 0.1) is 11.8 Å². The molecule has 0 aromatic heterocycles. The first-order valence-electron chi connectivity index (χ1n) is 13.7. The molecule has 4 aliphatic carbocycles. The fourth-order valence-corrected chi connectivity index (χ4v) is 7.07. The highest BCUT2D eigenvalue weighted by Crippen LogP contribution is 2.58. The summed E-state index contributed by atoms with van der Waals surface area (Å²) in [7, 11) is 0. The lowest BCUT2D eigenvalue weighted by Crippen LogP contribution is -2.54. The Morgan fingerprint density at radius 1 is 0.639 bits per heavy atom. The maximum absolute atomic E-state index is 12.9. The number of hydrogen-bond acceptors (Lipinski definition) is 2. The summed E-state index contributed by atoms with van der Waals surface area (Å²) in [5.74, 6) is -0.569. The average molecular weight is 477 g/mol. The minimum absolute atomic E-state index is 0.281. The first kappa shape index (κ1) is 23.5. The summed E-state index contributed by atoms with van der Waals surface area (Å²) in [5.41, 5.74) is 3.81. The molecule has 2 heteroatoms. The Hall–Kier alpha value is -2.94. The van der Waals surface area contributed by atoms with Crippen LogP contribution in [0.1, 0.15) is 66.3 Å². The van der Waals surface area contributed by atoms with Crippen LogP contribution in [0.15, 0.2) is 103 Å². The minimum Gasteiger partial charge on any atom is -0.380 e. The molecule has 2 aromatic carbocycles. The molecule has 0 heterocycles. The van der Waals surface area contributed by atoms with E-state index in [0.29, 0.717) is 0 Å². The molecule has 6 rings (SSSR count). The summed E-state index contributed by atoms with van der Waals surface area (Å²) < 4.78 is 0. The number of fused-ring (bicyclic) bond motifs is 3. The van der Waals surface area contributed by atoms with Gasteiger partial charge in [-0.2, -0.15) is 0 Å². The van der Waals surface area contributed by atoms with Crippen LogP contribution in [0.2, 0.25) is 0 Å². The number of rotatable bonds is 2. The van der Waals surface area contributed by atoms with Crippen molar-refractivity contribution in [2.24, 2.45) is 11.8 Å². The van der Waals surface area contributed by atoms with Crippen LogP contribution in [-0.4, -0.2) is 10.2 Å². The van der Waals surface area contributed by atoms with E-state index in [1.807, 2.05) is 36.4 Å². The number of benzene rings is 2. The summed E-state index contributed by atoms with van der Waals surface area (Å²) in [4.78, 5) is 0. The third kappa shape index (κ3) is 3.62. The Morgan fingerprint density at radius 2 is 1.33 bits per heavy atom. The molecular formula is C34H36O2. The van der Waals surface area contributed by atoms with Crippen molar-refractivity contribution in [2.45, 2.75) is 62.6 Å². The van der Waals surface area contributed by atoms with Gasteiger partial charge in [0.2, 0.25) is 0 Å². The van der Waals surface area contributed by atoms with Crippen molar-refractivity contribution < 1.29 is 10.2 Å². The Balaban J connectivity index is 1.60. The van der Waals surface area contributed by atoms with E-state index in [9.17, 15) is 10.2 Å². The molecule has 0 spiro atoms. The number of aliphatic hydroxyl groups is 2. The largest absolute Gasteiger partial charge is 0.380 e. The van der Waals surface area contributed by atoms with Crippen LogP contribution in [0.3, 0.4) is 0 Å². The molecule has 2 aromatic rings. The first-order chi connectivity index (χ1) is 17.6. The molecule has 0 fully saturated rings. The molecule has 36 heavy (non-hydrogen) atoms. The molecule has 0 saturated carbocycles. The second-order valence-electron chi connectivity index (χ2n) is 10.8. The molecule has 184 valence electrons. The summed E-state index contributed by atoms with van der Waals surface area (Å²) in [6.45, 7) is 0. The van der Waals surface area contributed by atoms with E-state index in [0.717, 1.165) is 67.2 Å². The maximum Gasteiger partial charge on any atom is 0.122 e. The SMILES string of the molecule is OC1(C2=CCCCCC=CC=C2)c2ccccc2C(O)(c2cccc3c2CCCC3)C2C=CC=CC21. The van der Waals surface area contributed by atoms with E-state index in [1.54, 1.807) is 0 Å². The lowest BCUT2D eigenvalue weighted by Gasteiger charge is -2.53. The van der Waals surface area contributed by atoms with Gasteiger partial charge in [0.25, 0.3) is 0 Å². The van der Waals surface area contributed by atoms with Gasteiger partial charge in [-0.25, -0.2) is 0 Å². The lowest BCUT2D eigenvalue weighted by atomic mass is 9.54. The van der Waals surface area contributed by atoms with E-state index in [-0.39, 0.29) is 11.8 Å². The van der Waals surface area contributed by atoms with E-state index < -0.39 is 11.2 Å². The summed E-state index contributed by atoms with van der Waals surface area (Å²) in [6.07, 6.45) is 27.7. The van der Waals surface area contributed by atoms with Gasteiger partial charge in [-0.05, 0) is 84.8 Å². The lowest BCUT2D eigenvalue weighted by molar-refractivity contribution is -0.0725. The molecular weight excluding hydrogens is 440 g/mol. The van der Waals surface area contributed by atoms with Gasteiger partial charge in [0.15, 0.2) is 0 Å². The Labute approximate surface area is 215 Å². The van der Waals surface area contributed by atoms with Gasteiger partial charge in [-0.15, -0.1) is 0 Å². The van der Waals surface area contributed by atoms with Crippen LogP contribution < -0.4 is 0 Å². The molecule has 4 atom stereocenters. The predicted octanol–water partition coefficient (Wildman–Crippen LogP) is 6.97. The van der Waals surface area contributed by atoms with Crippen molar-refractivity contribution in [1.82, 2.24) is 0 Å². The van der Waals surface area contributed by atoms with Gasteiger partial charge < -0.3 is 10.2 Å². The highest BCUT2D eigenvalue weighted by atomic mass is 16.3. The third-order valence-electron chi connectivity index (χ3n) is 8.81. The maximum atomic E-state index is 12.9. The van der Waals surface area contributed by atoms with E-state index in [4.69, 9.17) is 0 Å². The summed E-state index contributed by atoms with van der Waals surface area (Å²) >= 11 is 0. The number of allylic oxidation sites excluding steroid dienone is 6. The molecule has 0 aliphatic heterocycles. The van der Waals surface area contributed by atoms with Crippen molar-refractivity contribution in [3.05, 3.63) is 131 Å². The molecule has 0 radical (unpaired) electrons. The molecule has 4 aliphatic rings. The van der Waals surface area contributed by atoms with Crippen molar-refractivity contribution >= 4 is 0 Å². The second kappa shape index (κ2) is 9.50. The Bertz CT molecular complexity index is 1290. The standard InChI is InChI=1S/C34H36O2/c35-33(26-17-6-4-2-1-3-5-7-18-26)29-20-10-12-22-31(29)34(36,32-23-13-11-21-30(32)33)28-24-14-16-25-15-8-9-19-27(25)28/h2,4,6,10-14,16-18,20-24,29,31,35-36H,1,3,5,7-9,15,19H2. The smallest absolute Gasteiger partial charge is 0.122 e. The molecule has 4 unspecified atom stereocenters. The van der Waals surface area contributed by atoms with Crippen LogP contribution in [0.25, 0.3) is 0 Å². The minimum atomic E-state index is -1.23. The topological polar surface area (TPSA) is 40.5 Å². The highest BCUT2D eigenvalue weighted by molar-refractivity contribution is 5.58. The zero-order valence-corrected chi connectivity index (χ0v) is 20.9. The number of hydrogen-bond donors (Lipinski definition) is 2. The Morgan fingerprint density at radius 3 is 2.17 bits per heavy atom. The van der Waals surface area contributed by atoms with E-state index in [2.05, 4.69) is 60.7 Å². The van der Waals surface area contributed by atoms with Crippen LogP contribution in [0.5, 0.6) is 0 Å². The summed E-state index contributed by atoms with van der Waals surface area (Å²) in [5, 5.41) is 25.7. The van der Waals surface area contributed by atoms with Gasteiger partial charge in [0.05, 0.1) is 0 Å². The van der Waals surface area contributed by atoms with Crippen molar-refractivity contribution in [3.8, 4) is 0 Å². The van der Waals surface area contributed by atoms with E-state index in [1.165, 1.54) is 17.5 Å². The van der Waals surface area contributed by atoms with Crippen molar-refractivity contribution in [2.75, 3.05) is 0 Å². The quantitative estimate of drug-likeness (QED) is 0.491. The molecule has 2 nitrogen and oxygen atoms in total. The van der Waals surface area contributed by atoms with Crippen molar-refractivity contribution in [1.29, 1.82) is 0 Å². The fourth-order valence-electron chi connectivity index (χ4n) is 7.07. The second-order valence-corrected chi connectivity index (χ2v) is 10.8. The van der Waals surface area contributed by atoms with Gasteiger partial charge in [0.1, 0.15) is 11.2 Å². The van der Waals surface area contributed by atoms with Crippen LogP contribution >= 0.6 is 0 Å². The zero-order chi connectivity index (χ0) is 24.6. The van der Waals surface area contributed by atoms with Gasteiger partial charge in [-0.1, -0.05) is 97.1 Å². The van der Waals surface area contributed by atoms with Crippen molar-refractivity contribution in [3.63, 3.8) is 0 Å². The molecule has 0 bridgehead atoms. The molecule has 0 saturated heterocycles. The van der Waals surface area contributed by atoms with Gasteiger partial charge in [-0.3, -0.25) is 0 Å². The van der Waals surface area contributed by atoms with Gasteiger partial charge >= 0.3 is 0 Å². The molecule has 2 N–H and O–H groups in total. The van der Waals surface area contributed by atoms with E-state index >= 15 is 0 Å². The van der Waals surface area contributed by atoms with Crippen LogP contribution in [0.4, 0.5) is 0 Å². The molecule has 0 amide bonds. The number of aryl methyl sites for hydroxylation is 1. The summed E-state index contributed by atoms with van der Waals surface area (Å²) in [6, 6.07) is 14.5.